The minimum absolute atomic E-state index is 0.00266. The maximum atomic E-state index is 11.7. The van der Waals surface area contributed by atoms with Crippen molar-refractivity contribution in [3.8, 4) is 0 Å². The molecule has 0 aliphatic carbocycles. The van der Waals surface area contributed by atoms with Gasteiger partial charge in [-0.3, -0.25) is 4.79 Å². The van der Waals surface area contributed by atoms with Gasteiger partial charge in [0.2, 0.25) is 5.91 Å². The summed E-state index contributed by atoms with van der Waals surface area (Å²) in [6.07, 6.45) is 0.144. The molecule has 0 spiro atoms. The van der Waals surface area contributed by atoms with Crippen LogP contribution < -0.4 is 10.6 Å². The van der Waals surface area contributed by atoms with Crippen molar-refractivity contribution >= 4 is 12.0 Å². The molecule has 7 nitrogen and oxygen atoms in total. The molecule has 0 aromatic heterocycles. The molecule has 1 aliphatic rings. The third-order valence-corrected chi connectivity index (χ3v) is 2.95. The van der Waals surface area contributed by atoms with Crippen LogP contribution in [0.2, 0.25) is 0 Å². The van der Waals surface area contributed by atoms with E-state index in [9.17, 15) is 9.59 Å². The fourth-order valence-electron chi connectivity index (χ4n) is 1.85. The number of methoxy groups -OCH3 is 1. The van der Waals surface area contributed by atoms with Gasteiger partial charge in [-0.05, 0) is 20.8 Å². The van der Waals surface area contributed by atoms with Gasteiger partial charge in [0.25, 0.3) is 0 Å². The zero-order valence-electron chi connectivity index (χ0n) is 13.4. The molecule has 1 saturated heterocycles. The van der Waals surface area contributed by atoms with Crippen molar-refractivity contribution in [2.75, 3.05) is 39.9 Å². The van der Waals surface area contributed by atoms with Crippen molar-refractivity contribution < 1.29 is 19.1 Å². The molecular formula is C14H27N3O4. The third-order valence-electron chi connectivity index (χ3n) is 2.95. The molecule has 0 atom stereocenters. The van der Waals surface area contributed by atoms with Crippen molar-refractivity contribution in [3.63, 3.8) is 0 Å². The molecule has 0 radical (unpaired) electrons. The zero-order chi connectivity index (χ0) is 15.9. The van der Waals surface area contributed by atoms with Crippen LogP contribution in [0.15, 0.2) is 0 Å². The Balaban J connectivity index is 2.05. The first-order valence-electron chi connectivity index (χ1n) is 7.29. The van der Waals surface area contributed by atoms with Gasteiger partial charge in [-0.15, -0.1) is 0 Å². The molecule has 7 heteroatoms. The lowest BCUT2D eigenvalue weighted by molar-refractivity contribution is -0.121. The van der Waals surface area contributed by atoms with E-state index in [-0.39, 0.29) is 18.0 Å². The Morgan fingerprint density at radius 1 is 1.24 bits per heavy atom. The van der Waals surface area contributed by atoms with E-state index < -0.39 is 5.60 Å². The summed E-state index contributed by atoms with van der Waals surface area (Å²) in [4.78, 5) is 24.8. The van der Waals surface area contributed by atoms with Gasteiger partial charge in [0.05, 0.1) is 6.61 Å². The number of nitrogens with zero attached hydrogens (tertiary/aromatic N) is 1. The first kappa shape index (κ1) is 17.7. The van der Waals surface area contributed by atoms with Crippen LogP contribution in [0.4, 0.5) is 4.79 Å². The molecule has 1 heterocycles. The van der Waals surface area contributed by atoms with Gasteiger partial charge >= 0.3 is 6.09 Å². The van der Waals surface area contributed by atoms with Crippen LogP contribution in [-0.2, 0) is 14.3 Å². The molecule has 0 aromatic carbocycles. The number of likely N-dealkylation sites (tertiary alicyclic amines) is 1. The number of hydrogen-bond acceptors (Lipinski definition) is 5. The first-order chi connectivity index (χ1) is 9.81. The van der Waals surface area contributed by atoms with Crippen molar-refractivity contribution in [2.24, 2.45) is 0 Å². The van der Waals surface area contributed by atoms with Crippen LogP contribution in [-0.4, -0.2) is 68.4 Å². The SMILES string of the molecule is COCCNC(=O)CCNC1CN(C(=O)OC(C)(C)C)C1. The molecule has 1 rings (SSSR count). The van der Waals surface area contributed by atoms with Crippen LogP contribution in [0.3, 0.4) is 0 Å². The largest absolute Gasteiger partial charge is 0.444 e. The average Bonchev–Trinajstić information content (AvgIpc) is 2.29. The second kappa shape index (κ2) is 8.19. The van der Waals surface area contributed by atoms with Crippen LogP contribution in [0.25, 0.3) is 0 Å². The van der Waals surface area contributed by atoms with Crippen LogP contribution in [0, 0.1) is 0 Å². The lowest BCUT2D eigenvalue weighted by Crippen LogP contribution is -2.60. The number of ether oxygens (including phenoxy) is 2. The van der Waals surface area contributed by atoms with Gasteiger partial charge in [-0.25, -0.2) is 4.79 Å². The number of rotatable bonds is 7. The Labute approximate surface area is 126 Å². The quantitative estimate of drug-likeness (QED) is 0.663. The maximum absolute atomic E-state index is 11.7. The summed E-state index contributed by atoms with van der Waals surface area (Å²) in [7, 11) is 1.60. The number of amides is 2. The molecule has 0 bridgehead atoms. The summed E-state index contributed by atoms with van der Waals surface area (Å²) in [5.74, 6) is 0.00266. The fourth-order valence-corrected chi connectivity index (χ4v) is 1.85. The minimum atomic E-state index is -0.462. The highest BCUT2D eigenvalue weighted by Gasteiger charge is 2.33. The van der Waals surface area contributed by atoms with Crippen molar-refractivity contribution in [1.82, 2.24) is 15.5 Å². The second-order valence-corrected chi connectivity index (χ2v) is 6.13. The monoisotopic (exact) mass is 301 g/mol. The number of carbonyl (C=O) groups is 2. The number of nitrogens with one attached hydrogen (secondary N) is 2. The zero-order valence-corrected chi connectivity index (χ0v) is 13.4. The Bertz CT molecular complexity index is 349. The predicted octanol–water partition coefficient (Wildman–Crippen LogP) is 0.348. The maximum Gasteiger partial charge on any atom is 0.410 e. The molecule has 0 unspecified atom stereocenters. The molecule has 1 fully saturated rings. The molecule has 122 valence electrons. The Morgan fingerprint density at radius 3 is 2.48 bits per heavy atom. The highest BCUT2D eigenvalue weighted by molar-refractivity contribution is 5.76. The van der Waals surface area contributed by atoms with Gasteiger partial charge in [0.1, 0.15) is 5.60 Å². The lowest BCUT2D eigenvalue weighted by atomic mass is 10.1. The van der Waals surface area contributed by atoms with Gasteiger partial charge in [0, 0.05) is 45.8 Å². The second-order valence-electron chi connectivity index (χ2n) is 6.13. The average molecular weight is 301 g/mol. The topological polar surface area (TPSA) is 79.9 Å². The van der Waals surface area contributed by atoms with Gasteiger partial charge in [-0.1, -0.05) is 0 Å². The standard InChI is InChI=1S/C14H27N3O4/c1-14(2,3)21-13(19)17-9-11(10-17)15-6-5-12(18)16-7-8-20-4/h11,15H,5-10H2,1-4H3,(H,16,18). The normalized spacial score (nSPS) is 15.5. The van der Waals surface area contributed by atoms with Gasteiger partial charge in [-0.2, -0.15) is 0 Å². The Morgan fingerprint density at radius 2 is 1.90 bits per heavy atom. The summed E-state index contributed by atoms with van der Waals surface area (Å²) in [5, 5.41) is 6.00. The van der Waals surface area contributed by atoms with E-state index in [4.69, 9.17) is 9.47 Å². The molecule has 2 N–H and O–H groups in total. The highest BCUT2D eigenvalue weighted by Crippen LogP contribution is 2.14. The molecule has 21 heavy (non-hydrogen) atoms. The minimum Gasteiger partial charge on any atom is -0.444 e. The van der Waals surface area contributed by atoms with Gasteiger partial charge in [0.15, 0.2) is 0 Å². The van der Waals surface area contributed by atoms with Crippen LogP contribution in [0.5, 0.6) is 0 Å². The van der Waals surface area contributed by atoms with E-state index in [1.54, 1.807) is 12.0 Å². The fraction of sp³-hybridized carbons (Fsp3) is 0.857. The van der Waals surface area contributed by atoms with E-state index in [1.165, 1.54) is 0 Å². The van der Waals surface area contributed by atoms with Crippen molar-refractivity contribution in [3.05, 3.63) is 0 Å². The van der Waals surface area contributed by atoms with Crippen LogP contribution in [0.1, 0.15) is 27.2 Å². The summed E-state index contributed by atoms with van der Waals surface area (Å²) in [6, 6.07) is 0.240. The smallest absolute Gasteiger partial charge is 0.410 e. The van der Waals surface area contributed by atoms with Gasteiger partial charge < -0.3 is 25.0 Å². The van der Waals surface area contributed by atoms with Crippen molar-refractivity contribution in [2.45, 2.75) is 38.8 Å². The summed E-state index contributed by atoms with van der Waals surface area (Å²) < 4.78 is 10.1. The summed E-state index contributed by atoms with van der Waals surface area (Å²) in [5.41, 5.74) is -0.462. The molecule has 1 aliphatic heterocycles. The van der Waals surface area contributed by atoms with E-state index >= 15 is 0 Å². The van der Waals surface area contributed by atoms with E-state index in [2.05, 4.69) is 10.6 Å². The molecule has 0 aromatic rings. The van der Waals surface area contributed by atoms with Crippen LogP contribution >= 0.6 is 0 Å². The molecule has 2 amide bonds. The highest BCUT2D eigenvalue weighted by atomic mass is 16.6. The van der Waals surface area contributed by atoms with E-state index in [0.717, 1.165) is 0 Å². The number of hydrogen-bond donors (Lipinski definition) is 2. The first-order valence-corrected chi connectivity index (χ1v) is 7.29. The number of carbonyl (C=O) groups excluding carboxylic acids is 2. The summed E-state index contributed by atoms with van der Waals surface area (Å²) >= 11 is 0. The van der Waals surface area contributed by atoms with E-state index in [1.807, 2.05) is 20.8 Å². The predicted molar refractivity (Wildman–Crippen MR) is 79.1 cm³/mol. The van der Waals surface area contributed by atoms with Crippen molar-refractivity contribution in [1.29, 1.82) is 0 Å². The lowest BCUT2D eigenvalue weighted by Gasteiger charge is -2.40. The Hall–Kier alpha value is -1.34. The summed E-state index contributed by atoms with van der Waals surface area (Å²) in [6.45, 7) is 8.46. The Kier molecular flexibility index (Phi) is 6.91. The molecule has 0 saturated carbocycles. The third kappa shape index (κ3) is 7.29. The molecular weight excluding hydrogens is 274 g/mol. The van der Waals surface area contributed by atoms with E-state index in [0.29, 0.717) is 39.2 Å².